The molecule has 2 fully saturated rings. The van der Waals surface area contributed by atoms with Crippen LogP contribution in [0, 0.1) is 5.41 Å². The fourth-order valence-electron chi connectivity index (χ4n) is 3.64. The first-order chi connectivity index (χ1) is 11.4. The fourth-order valence-corrected chi connectivity index (χ4v) is 3.90. The van der Waals surface area contributed by atoms with Crippen LogP contribution in [0.2, 0.25) is 5.02 Å². The van der Waals surface area contributed by atoms with Gasteiger partial charge in [-0.15, -0.1) is 0 Å². The molecule has 1 N–H and O–H groups in total. The van der Waals surface area contributed by atoms with Crippen molar-refractivity contribution in [1.29, 1.82) is 0 Å². The van der Waals surface area contributed by atoms with Gasteiger partial charge >= 0.3 is 6.03 Å². The fraction of sp³-hybridized carbons (Fsp3) is 0.529. The van der Waals surface area contributed by atoms with E-state index in [-0.39, 0.29) is 11.9 Å². The minimum Gasteiger partial charge on any atom is -0.495 e. The first-order valence-electron chi connectivity index (χ1n) is 8.10. The Kier molecular flexibility index (Phi) is 4.58. The molecule has 0 unspecified atom stereocenters. The summed E-state index contributed by atoms with van der Waals surface area (Å²) >= 11 is 6.08. The highest BCUT2D eigenvalue weighted by Crippen LogP contribution is 2.39. The van der Waals surface area contributed by atoms with Crippen molar-refractivity contribution in [3.05, 3.63) is 23.2 Å². The Labute approximate surface area is 146 Å². The number of anilines is 1. The monoisotopic (exact) mass is 351 g/mol. The maximum absolute atomic E-state index is 12.5. The minimum absolute atomic E-state index is 0.163. The molecule has 3 rings (SSSR count). The molecular weight excluding hydrogens is 330 g/mol. The second-order valence-corrected chi connectivity index (χ2v) is 6.97. The highest BCUT2D eigenvalue weighted by Gasteiger charge is 2.48. The standard InChI is InChI=1S/C17H22ClN3O3/c1-20-8-3-6-17(15(20)22)7-9-21(11-17)16(23)19-12-4-5-14(24-2)13(18)10-12/h4-5,10H,3,6-9,11H2,1-2H3,(H,19,23)/t17-/m1/s1. The number of nitrogens with zero attached hydrogens (tertiary/aromatic N) is 2. The van der Waals surface area contributed by atoms with E-state index in [0.29, 0.717) is 29.5 Å². The van der Waals surface area contributed by atoms with Crippen molar-refractivity contribution in [3.63, 3.8) is 0 Å². The highest BCUT2D eigenvalue weighted by atomic mass is 35.5. The number of piperidine rings is 1. The Bertz CT molecular complexity index is 666. The average Bonchev–Trinajstić information content (AvgIpc) is 2.98. The number of amides is 3. The molecule has 2 aliphatic rings. The molecule has 6 nitrogen and oxygen atoms in total. The quantitative estimate of drug-likeness (QED) is 0.891. The molecule has 0 saturated carbocycles. The third-order valence-corrected chi connectivity index (χ3v) is 5.29. The lowest BCUT2D eigenvalue weighted by atomic mass is 9.78. The molecule has 130 valence electrons. The van der Waals surface area contributed by atoms with Crippen molar-refractivity contribution in [2.45, 2.75) is 19.3 Å². The Morgan fingerprint density at radius 3 is 2.83 bits per heavy atom. The van der Waals surface area contributed by atoms with Crippen LogP contribution in [0.15, 0.2) is 18.2 Å². The van der Waals surface area contributed by atoms with Crippen molar-refractivity contribution in [3.8, 4) is 5.75 Å². The first kappa shape index (κ1) is 16.9. The number of ether oxygens (including phenoxy) is 1. The molecular formula is C17H22ClN3O3. The predicted molar refractivity (Wildman–Crippen MR) is 92.5 cm³/mol. The summed E-state index contributed by atoms with van der Waals surface area (Å²) in [5, 5.41) is 3.29. The smallest absolute Gasteiger partial charge is 0.321 e. The van der Waals surface area contributed by atoms with Crippen molar-refractivity contribution < 1.29 is 14.3 Å². The number of rotatable bonds is 2. The van der Waals surface area contributed by atoms with Crippen LogP contribution in [0.4, 0.5) is 10.5 Å². The minimum atomic E-state index is -0.401. The number of carbonyl (C=O) groups is 2. The number of carbonyl (C=O) groups excluding carboxylic acids is 2. The van der Waals surface area contributed by atoms with Crippen LogP contribution >= 0.6 is 11.6 Å². The first-order valence-corrected chi connectivity index (χ1v) is 8.48. The molecule has 0 aromatic heterocycles. The molecule has 3 amide bonds. The zero-order valence-corrected chi connectivity index (χ0v) is 14.7. The largest absolute Gasteiger partial charge is 0.495 e. The number of halogens is 1. The van der Waals surface area contributed by atoms with Crippen LogP contribution in [0.5, 0.6) is 5.75 Å². The lowest BCUT2D eigenvalue weighted by Crippen LogP contribution is -2.49. The normalized spacial score (nSPS) is 23.7. The molecule has 24 heavy (non-hydrogen) atoms. The van der Waals surface area contributed by atoms with Gasteiger partial charge in [0.2, 0.25) is 5.91 Å². The van der Waals surface area contributed by atoms with E-state index in [1.165, 1.54) is 0 Å². The number of methoxy groups -OCH3 is 1. The summed E-state index contributed by atoms with van der Waals surface area (Å²) in [5.41, 5.74) is 0.209. The molecule has 1 aromatic carbocycles. The summed E-state index contributed by atoms with van der Waals surface area (Å²) in [5.74, 6) is 0.724. The van der Waals surface area contributed by atoms with Crippen molar-refractivity contribution >= 4 is 29.2 Å². The van der Waals surface area contributed by atoms with Gasteiger partial charge in [0, 0.05) is 32.4 Å². The van der Waals surface area contributed by atoms with Crippen molar-refractivity contribution in [1.82, 2.24) is 9.80 Å². The molecule has 2 aliphatic heterocycles. The topological polar surface area (TPSA) is 61.9 Å². The van der Waals surface area contributed by atoms with Crippen LogP contribution in [-0.2, 0) is 4.79 Å². The summed E-state index contributed by atoms with van der Waals surface area (Å²) in [4.78, 5) is 28.5. The van der Waals surface area contributed by atoms with Gasteiger partial charge in [-0.05, 0) is 37.5 Å². The van der Waals surface area contributed by atoms with E-state index >= 15 is 0 Å². The lowest BCUT2D eigenvalue weighted by Gasteiger charge is -2.37. The van der Waals surface area contributed by atoms with E-state index < -0.39 is 5.41 Å². The number of benzene rings is 1. The summed E-state index contributed by atoms with van der Waals surface area (Å²) in [6.07, 6.45) is 2.58. The van der Waals surface area contributed by atoms with Crippen LogP contribution in [-0.4, -0.2) is 55.5 Å². The van der Waals surface area contributed by atoms with E-state index in [9.17, 15) is 9.59 Å². The molecule has 7 heteroatoms. The van der Waals surface area contributed by atoms with Crippen LogP contribution in [0.1, 0.15) is 19.3 Å². The van der Waals surface area contributed by atoms with E-state index in [1.54, 1.807) is 35.1 Å². The van der Waals surface area contributed by atoms with Gasteiger partial charge in [-0.25, -0.2) is 4.79 Å². The zero-order chi connectivity index (χ0) is 17.3. The van der Waals surface area contributed by atoms with Crippen LogP contribution in [0.25, 0.3) is 0 Å². The number of urea groups is 1. The number of likely N-dealkylation sites (tertiary alicyclic amines) is 2. The lowest BCUT2D eigenvalue weighted by molar-refractivity contribution is -0.143. The van der Waals surface area contributed by atoms with Gasteiger partial charge in [0.05, 0.1) is 17.5 Å². The Morgan fingerprint density at radius 1 is 1.33 bits per heavy atom. The van der Waals surface area contributed by atoms with Gasteiger partial charge in [-0.2, -0.15) is 0 Å². The van der Waals surface area contributed by atoms with Crippen molar-refractivity contribution in [2.24, 2.45) is 5.41 Å². The maximum atomic E-state index is 12.5. The molecule has 1 spiro atoms. The number of nitrogens with one attached hydrogen (secondary N) is 1. The molecule has 0 bridgehead atoms. The van der Waals surface area contributed by atoms with Gasteiger partial charge in [0.25, 0.3) is 0 Å². The van der Waals surface area contributed by atoms with E-state index in [0.717, 1.165) is 25.8 Å². The predicted octanol–water partition coefficient (Wildman–Crippen LogP) is 2.82. The molecule has 1 aromatic rings. The van der Waals surface area contributed by atoms with Crippen LogP contribution < -0.4 is 10.1 Å². The third-order valence-electron chi connectivity index (χ3n) is 4.99. The molecule has 0 aliphatic carbocycles. The van der Waals surface area contributed by atoms with Crippen LogP contribution in [0.3, 0.4) is 0 Å². The Balaban J connectivity index is 1.66. The summed E-state index contributed by atoms with van der Waals surface area (Å²) in [7, 11) is 3.38. The van der Waals surface area contributed by atoms with E-state index in [2.05, 4.69) is 5.32 Å². The molecule has 2 heterocycles. The van der Waals surface area contributed by atoms with E-state index in [1.807, 2.05) is 7.05 Å². The number of hydrogen-bond donors (Lipinski definition) is 1. The number of hydrogen-bond acceptors (Lipinski definition) is 3. The molecule has 2 saturated heterocycles. The van der Waals surface area contributed by atoms with Gasteiger partial charge in [0.1, 0.15) is 5.75 Å². The second kappa shape index (κ2) is 6.51. The summed E-state index contributed by atoms with van der Waals surface area (Å²) < 4.78 is 5.10. The zero-order valence-electron chi connectivity index (χ0n) is 14.0. The van der Waals surface area contributed by atoms with Crippen molar-refractivity contribution in [2.75, 3.05) is 39.1 Å². The van der Waals surface area contributed by atoms with Gasteiger partial charge in [-0.3, -0.25) is 4.79 Å². The Hall–Kier alpha value is -1.95. The summed E-state index contributed by atoms with van der Waals surface area (Å²) in [6, 6.07) is 4.91. The molecule has 0 radical (unpaired) electrons. The van der Waals surface area contributed by atoms with E-state index in [4.69, 9.17) is 16.3 Å². The average molecular weight is 352 g/mol. The van der Waals surface area contributed by atoms with Gasteiger partial charge in [-0.1, -0.05) is 11.6 Å². The summed E-state index contributed by atoms with van der Waals surface area (Å²) in [6.45, 7) is 1.87. The highest BCUT2D eigenvalue weighted by molar-refractivity contribution is 6.32. The van der Waals surface area contributed by atoms with Gasteiger partial charge < -0.3 is 19.9 Å². The SMILES string of the molecule is COc1ccc(NC(=O)N2CC[C@]3(CCCN(C)C3=O)C2)cc1Cl. The Morgan fingerprint density at radius 2 is 2.12 bits per heavy atom. The molecule has 1 atom stereocenters. The second-order valence-electron chi connectivity index (χ2n) is 6.56. The maximum Gasteiger partial charge on any atom is 0.321 e. The third kappa shape index (κ3) is 3.02. The van der Waals surface area contributed by atoms with Gasteiger partial charge in [0.15, 0.2) is 0 Å².